The summed E-state index contributed by atoms with van der Waals surface area (Å²) in [5.41, 5.74) is 0.541. The van der Waals surface area contributed by atoms with Gasteiger partial charge in [0.05, 0.1) is 0 Å². The summed E-state index contributed by atoms with van der Waals surface area (Å²) < 4.78 is 0. The van der Waals surface area contributed by atoms with E-state index in [9.17, 15) is 4.79 Å². The van der Waals surface area contributed by atoms with Crippen LogP contribution in [0.15, 0.2) is 30.3 Å². The first-order valence-electron chi connectivity index (χ1n) is 2.55. The van der Waals surface area contributed by atoms with E-state index in [0.29, 0.717) is 5.56 Å². The molecule has 1 rings (SSSR count). The quantitative estimate of drug-likeness (QED) is 0.514. The van der Waals surface area contributed by atoms with E-state index in [1.807, 2.05) is 6.07 Å². The first kappa shape index (κ1) is 9.70. The third kappa shape index (κ3) is 2.52. The van der Waals surface area contributed by atoms with Crippen LogP contribution in [0.1, 0.15) is 10.4 Å². The molecule has 1 aromatic rings. The Kier molecular flexibility index (Phi) is 4.37. The molecular weight excluding hydrogens is 214 g/mol. The fourth-order valence-corrected chi connectivity index (χ4v) is 0.695. The van der Waals surface area contributed by atoms with Crippen molar-refractivity contribution in [2.45, 2.75) is 0 Å². The number of benzene rings is 1. The molecular formula is C7H7ClOSe. The van der Waals surface area contributed by atoms with Crippen LogP contribution in [0, 0.1) is 0 Å². The van der Waals surface area contributed by atoms with Crippen molar-refractivity contribution in [1.29, 1.82) is 0 Å². The van der Waals surface area contributed by atoms with Crippen molar-refractivity contribution < 1.29 is 4.79 Å². The summed E-state index contributed by atoms with van der Waals surface area (Å²) >= 11 is 5.16. The summed E-state index contributed by atoms with van der Waals surface area (Å²) in [6, 6.07) is 8.74. The zero-order valence-corrected chi connectivity index (χ0v) is 8.03. The Hall–Kier alpha value is -0.301. The minimum atomic E-state index is -0.407. The van der Waals surface area contributed by atoms with Gasteiger partial charge in [0.1, 0.15) is 0 Å². The summed E-state index contributed by atoms with van der Waals surface area (Å²) in [4.78, 5) is 10.4. The summed E-state index contributed by atoms with van der Waals surface area (Å²) in [5, 5.41) is -0.407. The molecule has 0 spiro atoms. The van der Waals surface area contributed by atoms with E-state index in [-0.39, 0.29) is 17.1 Å². The average Bonchev–Trinajstić information content (AvgIpc) is 1.90. The number of rotatable bonds is 1. The molecule has 0 heterocycles. The number of halogens is 1. The SMILES string of the molecule is O=C(Cl)c1ccccc1.[SeH2]. The number of carbonyl (C=O) groups excluding carboxylic acids is 1. The van der Waals surface area contributed by atoms with Gasteiger partial charge in [-0.15, -0.1) is 0 Å². The predicted molar refractivity (Wildman–Crippen MR) is 45.2 cm³/mol. The molecule has 0 bridgehead atoms. The van der Waals surface area contributed by atoms with Crippen molar-refractivity contribution >= 4 is 33.9 Å². The van der Waals surface area contributed by atoms with Gasteiger partial charge < -0.3 is 0 Å². The monoisotopic (exact) mass is 222 g/mol. The fourth-order valence-electron chi connectivity index (χ4n) is 0.569. The molecule has 0 radical (unpaired) electrons. The van der Waals surface area contributed by atoms with Gasteiger partial charge in [-0.05, 0) is 11.6 Å². The molecule has 0 N–H and O–H groups in total. The Balaban J connectivity index is 0.000000810. The number of hydrogen-bond donors (Lipinski definition) is 0. The Bertz CT molecular complexity index is 210. The van der Waals surface area contributed by atoms with Crippen LogP contribution in [0.3, 0.4) is 0 Å². The third-order valence-corrected chi connectivity index (χ3v) is 1.22. The maximum atomic E-state index is 10.4. The molecule has 3 heteroatoms. The van der Waals surface area contributed by atoms with Gasteiger partial charge in [0, 0.05) is 5.56 Å². The Labute approximate surface area is 74.9 Å². The van der Waals surface area contributed by atoms with Gasteiger partial charge in [0.2, 0.25) is 0 Å². The molecule has 1 nitrogen and oxygen atoms in total. The van der Waals surface area contributed by atoms with Crippen molar-refractivity contribution in [3.63, 3.8) is 0 Å². The van der Waals surface area contributed by atoms with Crippen molar-refractivity contribution in [1.82, 2.24) is 0 Å². The molecule has 0 aromatic heterocycles. The van der Waals surface area contributed by atoms with Crippen LogP contribution < -0.4 is 0 Å². The Morgan fingerprint density at radius 2 is 1.70 bits per heavy atom. The molecule has 0 saturated carbocycles. The average molecular weight is 222 g/mol. The van der Waals surface area contributed by atoms with Crippen molar-refractivity contribution in [3.05, 3.63) is 35.9 Å². The molecule has 0 amide bonds. The summed E-state index contributed by atoms with van der Waals surface area (Å²) in [6.45, 7) is 0. The van der Waals surface area contributed by atoms with E-state index in [2.05, 4.69) is 0 Å². The Morgan fingerprint density at radius 1 is 1.20 bits per heavy atom. The van der Waals surface area contributed by atoms with Crippen molar-refractivity contribution in [2.75, 3.05) is 0 Å². The van der Waals surface area contributed by atoms with Gasteiger partial charge in [-0.2, -0.15) is 0 Å². The van der Waals surface area contributed by atoms with E-state index >= 15 is 0 Å². The summed E-state index contributed by atoms with van der Waals surface area (Å²) in [7, 11) is 0. The molecule has 0 saturated heterocycles. The fraction of sp³-hybridized carbons (Fsp3) is 0. The molecule has 0 atom stereocenters. The minimum absolute atomic E-state index is 0. The maximum absolute atomic E-state index is 10.4. The zero-order chi connectivity index (χ0) is 6.69. The van der Waals surface area contributed by atoms with Gasteiger partial charge >= 0.3 is 17.1 Å². The van der Waals surface area contributed by atoms with Gasteiger partial charge in [-0.3, -0.25) is 4.79 Å². The summed E-state index contributed by atoms with van der Waals surface area (Å²) in [5.74, 6) is 0. The molecule has 54 valence electrons. The standard InChI is InChI=1S/C7H5ClO.H2Se/c8-7(9)6-4-2-1-3-5-6;/h1-5H;1H2. The normalized spacial score (nSPS) is 8.10. The molecule has 0 aliphatic heterocycles. The predicted octanol–water partition coefficient (Wildman–Crippen LogP) is 1.15. The van der Waals surface area contributed by atoms with Crippen LogP contribution >= 0.6 is 11.6 Å². The third-order valence-electron chi connectivity index (χ3n) is 1.00. The van der Waals surface area contributed by atoms with E-state index in [4.69, 9.17) is 11.6 Å². The first-order valence-corrected chi connectivity index (χ1v) is 2.93. The van der Waals surface area contributed by atoms with Crippen LogP contribution in [0.5, 0.6) is 0 Å². The van der Waals surface area contributed by atoms with E-state index in [0.717, 1.165) is 0 Å². The first-order chi connectivity index (χ1) is 4.30. The molecule has 10 heavy (non-hydrogen) atoms. The molecule has 0 aliphatic carbocycles. The van der Waals surface area contributed by atoms with E-state index in [1.165, 1.54) is 0 Å². The Morgan fingerprint density at radius 3 is 2.00 bits per heavy atom. The molecule has 1 aromatic carbocycles. The van der Waals surface area contributed by atoms with Crippen LogP contribution in [0.2, 0.25) is 0 Å². The van der Waals surface area contributed by atoms with Crippen LogP contribution in [0.25, 0.3) is 0 Å². The molecule has 0 fully saturated rings. The van der Waals surface area contributed by atoms with E-state index < -0.39 is 5.24 Å². The molecule has 0 aliphatic rings. The molecule has 0 unspecified atom stereocenters. The van der Waals surface area contributed by atoms with Gasteiger partial charge in [0.15, 0.2) is 0 Å². The number of hydrogen-bond acceptors (Lipinski definition) is 1. The zero-order valence-electron chi connectivity index (χ0n) is 5.17. The van der Waals surface area contributed by atoms with Crippen LogP contribution in [0.4, 0.5) is 0 Å². The van der Waals surface area contributed by atoms with Crippen molar-refractivity contribution in [3.8, 4) is 0 Å². The topological polar surface area (TPSA) is 17.1 Å². The number of carbonyl (C=O) groups is 1. The van der Waals surface area contributed by atoms with Crippen molar-refractivity contribution in [2.24, 2.45) is 0 Å². The second kappa shape index (κ2) is 4.50. The van der Waals surface area contributed by atoms with Gasteiger partial charge in [0.25, 0.3) is 5.24 Å². The second-order valence-corrected chi connectivity index (χ2v) is 1.98. The van der Waals surface area contributed by atoms with E-state index in [1.54, 1.807) is 24.3 Å². The van der Waals surface area contributed by atoms with Crippen LogP contribution in [-0.2, 0) is 0 Å². The van der Waals surface area contributed by atoms with Gasteiger partial charge in [-0.1, -0.05) is 30.3 Å². The van der Waals surface area contributed by atoms with Crippen LogP contribution in [-0.4, -0.2) is 22.3 Å². The van der Waals surface area contributed by atoms with Gasteiger partial charge in [-0.25, -0.2) is 0 Å². The summed E-state index contributed by atoms with van der Waals surface area (Å²) in [6.07, 6.45) is 0. The second-order valence-electron chi connectivity index (χ2n) is 1.64.